The van der Waals surface area contributed by atoms with Gasteiger partial charge in [0.2, 0.25) is 0 Å². The van der Waals surface area contributed by atoms with Gasteiger partial charge in [-0.25, -0.2) is 0 Å². The number of rotatable bonds is 3. The molecule has 1 atom stereocenters. The molecule has 0 N–H and O–H groups in total. The standard InChI is InChI=1S/C17H27NO/c1-7-9-14-13(3)11-17(4,5)12-16(18-19-6)15(14)10-8-2/h7-10,13H,11-12H2,1-6H3/b9-7-,10-8-,18-16+. The van der Waals surface area contributed by atoms with Gasteiger partial charge in [0.05, 0.1) is 5.71 Å². The Labute approximate surface area is 117 Å². The van der Waals surface area contributed by atoms with Gasteiger partial charge in [-0.2, -0.15) is 0 Å². The minimum atomic E-state index is 0.243. The van der Waals surface area contributed by atoms with Crippen LogP contribution in [0.5, 0.6) is 0 Å². The van der Waals surface area contributed by atoms with Crippen LogP contribution < -0.4 is 0 Å². The van der Waals surface area contributed by atoms with Gasteiger partial charge < -0.3 is 4.84 Å². The summed E-state index contributed by atoms with van der Waals surface area (Å²) in [4.78, 5) is 5.06. The van der Waals surface area contributed by atoms with E-state index in [0.29, 0.717) is 5.92 Å². The molecule has 0 fully saturated rings. The summed E-state index contributed by atoms with van der Waals surface area (Å²) in [6, 6.07) is 0. The largest absolute Gasteiger partial charge is 0.399 e. The predicted octanol–water partition coefficient (Wildman–Crippen LogP) is 4.89. The van der Waals surface area contributed by atoms with E-state index in [-0.39, 0.29) is 5.41 Å². The second kappa shape index (κ2) is 6.74. The first kappa shape index (κ1) is 15.7. The Morgan fingerprint density at radius 1 is 1.21 bits per heavy atom. The van der Waals surface area contributed by atoms with Gasteiger partial charge in [0.15, 0.2) is 0 Å². The number of hydrogen-bond donors (Lipinski definition) is 0. The van der Waals surface area contributed by atoms with Crippen LogP contribution in [-0.2, 0) is 4.84 Å². The van der Waals surface area contributed by atoms with Crippen LogP contribution in [0.2, 0.25) is 0 Å². The molecule has 2 heteroatoms. The molecular weight excluding hydrogens is 234 g/mol. The summed E-state index contributed by atoms with van der Waals surface area (Å²) in [6.07, 6.45) is 10.7. The Morgan fingerprint density at radius 3 is 2.37 bits per heavy atom. The van der Waals surface area contributed by atoms with E-state index in [4.69, 9.17) is 4.84 Å². The predicted molar refractivity (Wildman–Crippen MR) is 83.3 cm³/mol. The molecule has 1 aliphatic carbocycles. The van der Waals surface area contributed by atoms with Crippen LogP contribution in [0, 0.1) is 11.3 Å². The Balaban J connectivity index is 3.42. The van der Waals surface area contributed by atoms with Crippen LogP contribution >= 0.6 is 0 Å². The number of oxime groups is 1. The van der Waals surface area contributed by atoms with Gasteiger partial charge in [-0.3, -0.25) is 0 Å². The van der Waals surface area contributed by atoms with Crippen LogP contribution in [0.15, 0.2) is 40.6 Å². The molecule has 0 spiro atoms. The van der Waals surface area contributed by atoms with Crippen molar-refractivity contribution in [2.24, 2.45) is 16.5 Å². The molecular formula is C17H27NO. The topological polar surface area (TPSA) is 21.6 Å². The second-order valence-corrected chi connectivity index (χ2v) is 6.04. The van der Waals surface area contributed by atoms with E-state index >= 15 is 0 Å². The maximum atomic E-state index is 5.06. The SMILES string of the molecule is C/C=C\C1=C(/C=C\C)C(C)CC(C)(C)C/C1=N\OC. The molecule has 1 rings (SSSR count). The number of nitrogens with zero attached hydrogens (tertiary/aromatic N) is 1. The van der Waals surface area contributed by atoms with Crippen LogP contribution in [0.4, 0.5) is 0 Å². The van der Waals surface area contributed by atoms with Crippen molar-refractivity contribution in [3.8, 4) is 0 Å². The maximum Gasteiger partial charge on any atom is 0.106 e. The molecule has 0 bridgehead atoms. The van der Waals surface area contributed by atoms with E-state index in [0.717, 1.165) is 18.6 Å². The van der Waals surface area contributed by atoms with Crippen LogP contribution in [0.25, 0.3) is 0 Å². The van der Waals surface area contributed by atoms with Gasteiger partial charge in [-0.15, -0.1) is 0 Å². The molecule has 0 saturated heterocycles. The van der Waals surface area contributed by atoms with E-state index in [2.05, 4.69) is 57.2 Å². The first-order valence-electron chi connectivity index (χ1n) is 7.05. The van der Waals surface area contributed by atoms with Crippen molar-refractivity contribution in [3.05, 3.63) is 35.5 Å². The van der Waals surface area contributed by atoms with Crippen LogP contribution in [-0.4, -0.2) is 12.8 Å². The first-order valence-corrected chi connectivity index (χ1v) is 7.05. The monoisotopic (exact) mass is 261 g/mol. The molecule has 0 radical (unpaired) electrons. The zero-order valence-electron chi connectivity index (χ0n) is 13.2. The highest BCUT2D eigenvalue weighted by atomic mass is 16.6. The van der Waals surface area contributed by atoms with Gasteiger partial charge in [-0.1, -0.05) is 50.2 Å². The second-order valence-electron chi connectivity index (χ2n) is 6.04. The highest BCUT2D eigenvalue weighted by Crippen LogP contribution is 2.39. The lowest BCUT2D eigenvalue weighted by molar-refractivity contribution is 0.210. The Kier molecular flexibility index (Phi) is 5.59. The summed E-state index contributed by atoms with van der Waals surface area (Å²) in [5.41, 5.74) is 3.89. The minimum absolute atomic E-state index is 0.243. The lowest BCUT2D eigenvalue weighted by Crippen LogP contribution is -2.17. The fourth-order valence-electron chi connectivity index (χ4n) is 2.98. The van der Waals surface area contributed by atoms with Gasteiger partial charge >= 0.3 is 0 Å². The molecule has 0 aromatic rings. The summed E-state index contributed by atoms with van der Waals surface area (Å²) >= 11 is 0. The third-order valence-electron chi connectivity index (χ3n) is 3.54. The zero-order chi connectivity index (χ0) is 14.5. The minimum Gasteiger partial charge on any atom is -0.399 e. The van der Waals surface area contributed by atoms with Gasteiger partial charge in [0.25, 0.3) is 0 Å². The molecule has 19 heavy (non-hydrogen) atoms. The smallest absolute Gasteiger partial charge is 0.106 e. The Hall–Kier alpha value is -1.31. The van der Waals surface area contributed by atoms with Crippen molar-refractivity contribution >= 4 is 5.71 Å². The quantitative estimate of drug-likeness (QED) is 0.663. The fraction of sp³-hybridized carbons (Fsp3) is 0.588. The van der Waals surface area contributed by atoms with Crippen molar-refractivity contribution < 1.29 is 4.84 Å². The highest BCUT2D eigenvalue weighted by Gasteiger charge is 2.31. The van der Waals surface area contributed by atoms with Crippen molar-refractivity contribution in [1.29, 1.82) is 0 Å². The average Bonchev–Trinajstić information content (AvgIpc) is 2.39. The Bertz CT molecular complexity index is 425. The molecule has 1 aliphatic rings. The molecule has 0 saturated carbocycles. The zero-order valence-corrected chi connectivity index (χ0v) is 13.2. The third kappa shape index (κ3) is 4.09. The Morgan fingerprint density at radius 2 is 1.84 bits per heavy atom. The van der Waals surface area contributed by atoms with Crippen molar-refractivity contribution in [1.82, 2.24) is 0 Å². The maximum absolute atomic E-state index is 5.06. The normalized spacial score (nSPS) is 26.4. The van der Waals surface area contributed by atoms with E-state index < -0.39 is 0 Å². The van der Waals surface area contributed by atoms with Gasteiger partial charge in [-0.05, 0) is 43.6 Å². The molecule has 0 amide bonds. The average molecular weight is 261 g/mol. The molecule has 0 aliphatic heterocycles. The molecule has 106 valence electrons. The molecule has 2 nitrogen and oxygen atoms in total. The van der Waals surface area contributed by atoms with Gasteiger partial charge in [0, 0.05) is 5.57 Å². The summed E-state index contributed by atoms with van der Waals surface area (Å²) in [6.45, 7) is 11.0. The third-order valence-corrected chi connectivity index (χ3v) is 3.54. The number of hydrogen-bond acceptors (Lipinski definition) is 2. The van der Waals surface area contributed by atoms with Crippen LogP contribution in [0.3, 0.4) is 0 Å². The van der Waals surface area contributed by atoms with Crippen molar-refractivity contribution in [2.45, 2.75) is 47.5 Å². The van der Waals surface area contributed by atoms with E-state index in [1.54, 1.807) is 7.11 Å². The van der Waals surface area contributed by atoms with Crippen molar-refractivity contribution in [3.63, 3.8) is 0 Å². The first-order chi connectivity index (χ1) is 8.95. The summed E-state index contributed by atoms with van der Waals surface area (Å²) in [7, 11) is 1.62. The molecule has 0 aromatic heterocycles. The number of allylic oxidation sites excluding steroid dienone is 6. The molecule has 0 aromatic carbocycles. The molecule has 1 unspecified atom stereocenters. The lowest BCUT2D eigenvalue weighted by Gasteiger charge is -2.25. The lowest BCUT2D eigenvalue weighted by atomic mass is 9.80. The van der Waals surface area contributed by atoms with Crippen molar-refractivity contribution in [2.75, 3.05) is 7.11 Å². The summed E-state index contributed by atoms with van der Waals surface area (Å²) in [5, 5.41) is 4.28. The summed E-state index contributed by atoms with van der Waals surface area (Å²) < 4.78 is 0. The van der Waals surface area contributed by atoms with Crippen LogP contribution in [0.1, 0.15) is 47.5 Å². The van der Waals surface area contributed by atoms with E-state index in [1.807, 2.05) is 6.92 Å². The fourth-order valence-corrected chi connectivity index (χ4v) is 2.98. The van der Waals surface area contributed by atoms with Gasteiger partial charge in [0.1, 0.15) is 7.11 Å². The highest BCUT2D eigenvalue weighted by molar-refractivity contribution is 6.04. The summed E-state index contributed by atoms with van der Waals surface area (Å²) in [5.74, 6) is 0.530. The molecule has 0 heterocycles. The van der Waals surface area contributed by atoms with E-state index in [9.17, 15) is 0 Å². The van der Waals surface area contributed by atoms with E-state index in [1.165, 1.54) is 11.1 Å².